The molecule has 6 fully saturated rings. The highest BCUT2D eigenvalue weighted by atomic mass is 16.6. The third-order valence-electron chi connectivity index (χ3n) is 19.2. The summed E-state index contributed by atoms with van der Waals surface area (Å²) in [6, 6.07) is 2.33. The molecule has 0 radical (unpaired) electrons. The van der Waals surface area contributed by atoms with Crippen LogP contribution in [0.1, 0.15) is 117 Å². The van der Waals surface area contributed by atoms with E-state index in [0.29, 0.717) is 16.7 Å². The Morgan fingerprint density at radius 1 is 0.415 bits per heavy atom. The van der Waals surface area contributed by atoms with Gasteiger partial charge in [-0.3, -0.25) is 62.3 Å². The molecule has 10 N–H and O–H groups in total. The van der Waals surface area contributed by atoms with Crippen LogP contribution in [0, 0.1) is 0 Å². The fourth-order valence-corrected chi connectivity index (χ4v) is 14.8. The number of carbonyl (C=O) groups is 14. The van der Waals surface area contributed by atoms with Gasteiger partial charge in [0.15, 0.2) is 5.60 Å². The summed E-state index contributed by atoms with van der Waals surface area (Å²) in [5, 5.41) is 37.8. The molecule has 8 aliphatic rings. The highest BCUT2D eigenvalue weighted by Crippen LogP contribution is 2.57. The van der Waals surface area contributed by atoms with E-state index in [4.69, 9.17) is 15.2 Å². The van der Waals surface area contributed by atoms with Gasteiger partial charge in [-0.05, 0) is 74.9 Å². The van der Waals surface area contributed by atoms with Crippen molar-refractivity contribution in [3.8, 4) is 23.0 Å². The van der Waals surface area contributed by atoms with Crippen LogP contribution in [0.15, 0.2) is 54.6 Å². The summed E-state index contributed by atoms with van der Waals surface area (Å²) in [6.07, 6.45) is -0.0827. The molecule has 11 rings (SSSR count). The van der Waals surface area contributed by atoms with Crippen molar-refractivity contribution in [3.05, 3.63) is 82.4 Å². The summed E-state index contributed by atoms with van der Waals surface area (Å²) in [4.78, 5) is 195. The standard InChI is InChI=1S/C63H73N13O18/c1-28(77)71-22-35(14-47(71)55(64)85)66-57(87)49-16-37(24-73(49)30(3)79)68-59(89)51-18-39(26-75(51)32(5)81)70-61(91)52-19-40(27-76(52)33(6)82)69-60(90)50-17-38(25-74(50)31(4)80)67-58(88)48-15-36(23-72(48)29(2)78)65-56(86)34-7-10-44-43(13-34)62(92)94-63(44)45-11-8-41(83)20-53(45)93-54-21-42(84)9-12-46(54)63/h7-13,20-21,35-40,47-52,83-84H,14-19,22-27H2,1-6H3,(H2,64,85)(H,65,86)(H,66,87)(H,67,88)(H,68,89)(H,69,90)(H,70,91)/t35-,36-,37-,38-,39-,40-,47-,48-,49-,50-,51-,52-/m0/s1. The molecule has 0 saturated carbocycles. The monoisotopic (exact) mass is 1300 g/mol. The van der Waals surface area contributed by atoms with Gasteiger partial charge < -0.3 is 86.7 Å². The lowest BCUT2D eigenvalue weighted by molar-refractivity contribution is -0.137. The largest absolute Gasteiger partial charge is 0.508 e. The zero-order chi connectivity index (χ0) is 67.7. The average Bonchev–Trinajstić information content (AvgIpc) is 1.45. The number of nitrogens with one attached hydrogen (secondary N) is 6. The van der Waals surface area contributed by atoms with Gasteiger partial charge in [0.05, 0.1) is 5.56 Å². The third kappa shape index (κ3) is 12.3. The number of hydrogen-bond acceptors (Lipinski definition) is 18. The van der Waals surface area contributed by atoms with Crippen LogP contribution in [0.25, 0.3) is 0 Å². The van der Waals surface area contributed by atoms with Crippen LogP contribution < -0.4 is 42.4 Å². The van der Waals surface area contributed by atoms with Crippen molar-refractivity contribution in [1.82, 2.24) is 61.3 Å². The van der Waals surface area contributed by atoms with Crippen molar-refractivity contribution in [2.24, 2.45) is 5.73 Å². The van der Waals surface area contributed by atoms with E-state index in [1.807, 2.05) is 0 Å². The normalized spacial score (nSPS) is 26.9. The van der Waals surface area contributed by atoms with Gasteiger partial charge in [-0.2, -0.15) is 0 Å². The van der Waals surface area contributed by atoms with E-state index < -0.39 is 161 Å². The fourth-order valence-electron chi connectivity index (χ4n) is 14.8. The predicted octanol–water partition coefficient (Wildman–Crippen LogP) is -2.60. The molecule has 31 nitrogen and oxygen atoms in total. The van der Waals surface area contributed by atoms with Crippen molar-refractivity contribution in [3.63, 3.8) is 0 Å². The Bertz CT molecular complexity index is 3690. The maximum Gasteiger partial charge on any atom is 0.340 e. The van der Waals surface area contributed by atoms with E-state index >= 15 is 0 Å². The summed E-state index contributed by atoms with van der Waals surface area (Å²) in [6.45, 7) is 7.26. The number of ether oxygens (including phenoxy) is 2. The maximum absolute atomic E-state index is 14.2. The zero-order valence-electron chi connectivity index (χ0n) is 52.3. The van der Waals surface area contributed by atoms with Crippen molar-refractivity contribution >= 4 is 82.8 Å². The van der Waals surface area contributed by atoms with Gasteiger partial charge in [0.2, 0.25) is 70.9 Å². The maximum atomic E-state index is 14.2. The second-order valence-corrected chi connectivity index (χ2v) is 25.4. The zero-order valence-corrected chi connectivity index (χ0v) is 52.3. The number of primary amides is 1. The summed E-state index contributed by atoms with van der Waals surface area (Å²) in [7, 11) is 0. The number of phenols is 2. The number of esters is 1. The number of likely N-dealkylation sites (tertiary alicyclic amines) is 6. The van der Waals surface area contributed by atoms with E-state index in [0.717, 1.165) is 0 Å². The summed E-state index contributed by atoms with van der Waals surface area (Å²) >= 11 is 0. The lowest BCUT2D eigenvalue weighted by Crippen LogP contribution is -2.49. The van der Waals surface area contributed by atoms with Crippen molar-refractivity contribution in [2.45, 2.75) is 158 Å². The number of benzene rings is 3. The highest BCUT2D eigenvalue weighted by Gasteiger charge is 2.55. The number of phenolic OH excluding ortho intramolecular Hbond substituents is 2. The second kappa shape index (κ2) is 25.3. The number of nitrogens with two attached hydrogens (primary N) is 1. The van der Waals surface area contributed by atoms with Gasteiger partial charge in [0, 0.05) is 151 Å². The molecule has 0 bridgehead atoms. The van der Waals surface area contributed by atoms with Gasteiger partial charge >= 0.3 is 5.97 Å². The Morgan fingerprint density at radius 2 is 0.702 bits per heavy atom. The number of rotatable bonds is 13. The van der Waals surface area contributed by atoms with Crippen LogP contribution in [0.3, 0.4) is 0 Å². The Morgan fingerprint density at radius 3 is 1.00 bits per heavy atom. The van der Waals surface area contributed by atoms with Crippen LogP contribution in [-0.2, 0) is 67.9 Å². The molecule has 498 valence electrons. The van der Waals surface area contributed by atoms with E-state index in [1.165, 1.54) is 107 Å². The van der Waals surface area contributed by atoms with E-state index in [9.17, 15) is 77.3 Å². The lowest BCUT2D eigenvalue weighted by Gasteiger charge is -2.36. The summed E-state index contributed by atoms with van der Waals surface area (Å²) in [5.41, 5.74) is 5.21. The summed E-state index contributed by atoms with van der Waals surface area (Å²) in [5.74, 6) is -7.77. The molecule has 13 amide bonds. The molecule has 3 aromatic rings. The smallest absolute Gasteiger partial charge is 0.340 e. The van der Waals surface area contributed by atoms with Crippen LogP contribution in [-0.4, -0.2) is 234 Å². The quantitative estimate of drug-likeness (QED) is 0.0792. The second-order valence-electron chi connectivity index (χ2n) is 25.4. The number of carbonyl (C=O) groups excluding carboxylic acids is 14. The number of nitrogens with zero attached hydrogens (tertiary/aromatic N) is 6. The van der Waals surface area contributed by atoms with Crippen LogP contribution in [0.2, 0.25) is 0 Å². The van der Waals surface area contributed by atoms with Crippen molar-refractivity contribution in [1.29, 1.82) is 0 Å². The van der Waals surface area contributed by atoms with E-state index in [1.54, 1.807) is 18.2 Å². The third-order valence-corrected chi connectivity index (χ3v) is 19.2. The molecule has 1 spiro atoms. The van der Waals surface area contributed by atoms with Crippen LogP contribution in [0.4, 0.5) is 0 Å². The Balaban J connectivity index is 0.680. The highest BCUT2D eigenvalue weighted by molar-refractivity contribution is 6.02. The van der Waals surface area contributed by atoms with E-state index in [2.05, 4.69) is 31.9 Å². The fraction of sp³-hybridized carbons (Fsp3) is 0.492. The predicted molar refractivity (Wildman–Crippen MR) is 323 cm³/mol. The van der Waals surface area contributed by atoms with Crippen molar-refractivity contribution in [2.75, 3.05) is 39.3 Å². The van der Waals surface area contributed by atoms with Crippen molar-refractivity contribution < 1.29 is 86.8 Å². The Labute approximate surface area is 537 Å². The minimum absolute atomic E-state index is 0.00452. The molecule has 0 aromatic heterocycles. The first kappa shape index (κ1) is 65.1. The minimum Gasteiger partial charge on any atom is -0.508 e. The number of fused-ring (bicyclic) bond motifs is 6. The topological polar surface area (TPSA) is 416 Å². The van der Waals surface area contributed by atoms with E-state index in [-0.39, 0.29) is 112 Å². The first-order chi connectivity index (χ1) is 44.5. The number of aromatic hydroxyl groups is 2. The molecule has 8 heterocycles. The molecule has 94 heavy (non-hydrogen) atoms. The molecular formula is C63H73N13O18. The van der Waals surface area contributed by atoms with Gasteiger partial charge in [0.1, 0.15) is 59.2 Å². The molecule has 0 unspecified atom stereocenters. The van der Waals surface area contributed by atoms with Crippen LogP contribution >= 0.6 is 0 Å². The SMILES string of the molecule is CC(=O)N1C[C@@H](NC(=O)[C@@H]2C[C@H](NC(=O)[C@@H]3C[C@H](NC(=O)[C@@H]4C[C@H](NC(=O)[C@@H]5C[C@H](NC(=O)[C@@H]6C[C@H](NC(=O)c7ccc8c(c7)C(=O)OC87c8ccc(O)cc8Oc8cc(O)ccc87)CN6C(C)=O)CN5C(C)=O)CN4C(C)=O)CN3C(C)=O)CN2C(C)=O)C[C@H]1C(N)=O. The first-order valence-electron chi connectivity index (χ1n) is 31.0. The molecule has 6 saturated heterocycles. The number of amides is 13. The van der Waals surface area contributed by atoms with Gasteiger partial charge in [0.25, 0.3) is 5.91 Å². The Kier molecular flexibility index (Phi) is 17.5. The molecule has 8 aliphatic heterocycles. The summed E-state index contributed by atoms with van der Waals surface area (Å²) < 4.78 is 12.2. The molecular weight excluding hydrogens is 1230 g/mol. The number of hydrogen-bond donors (Lipinski definition) is 9. The molecule has 12 atom stereocenters. The van der Waals surface area contributed by atoms with Gasteiger partial charge in [-0.15, -0.1) is 0 Å². The molecule has 31 heteroatoms. The Hall–Kier alpha value is -10.4. The molecule has 3 aromatic carbocycles. The first-order valence-corrected chi connectivity index (χ1v) is 31.0. The van der Waals surface area contributed by atoms with Gasteiger partial charge in [-0.25, -0.2) is 4.79 Å². The molecule has 0 aliphatic carbocycles. The minimum atomic E-state index is -1.57. The lowest BCUT2D eigenvalue weighted by atomic mass is 9.77. The average molecular weight is 1300 g/mol. The van der Waals surface area contributed by atoms with Gasteiger partial charge in [-0.1, -0.05) is 6.07 Å². The van der Waals surface area contributed by atoms with Crippen LogP contribution in [0.5, 0.6) is 23.0 Å².